The van der Waals surface area contributed by atoms with E-state index >= 15 is 0 Å². The van der Waals surface area contributed by atoms with E-state index in [1.165, 1.54) is 12.1 Å². The number of halogens is 3. The Labute approximate surface area is 386 Å². The summed E-state index contributed by atoms with van der Waals surface area (Å²) in [7, 11) is 0. The number of nitrogens with zero attached hydrogens (tertiary/aromatic N) is 5. The number of rotatable bonds is 5. The zero-order chi connectivity index (χ0) is 45.3. The van der Waals surface area contributed by atoms with Gasteiger partial charge in [-0.2, -0.15) is 13.2 Å². The van der Waals surface area contributed by atoms with Crippen LogP contribution in [0, 0.1) is 0 Å². The lowest BCUT2D eigenvalue weighted by Gasteiger charge is -2.17. The number of hydrogen-bond donors (Lipinski definition) is 0. The van der Waals surface area contributed by atoms with Crippen LogP contribution in [0.5, 0.6) is 0 Å². The average molecular weight is 884 g/mol. The quantitative estimate of drug-likeness (QED) is 0.169. The Balaban J connectivity index is 1.04. The standard InChI is InChI=1S/C60H36F3N5/c61-60(62,63)37-27-28-55(68-54-26-14-10-22-44(54)48-34-46-42-20-8-12-24-52(42)66(57(46)36-59(48)68)39-17-5-2-6-18-39)49(31-37)50-32-40(29-30-64-50)67-53-25-13-9-21-43(53)47-33-45-41-19-7-11-23-51(41)65(56(45)35-58(47)67)38-15-3-1-4-16-38/h1-36H. The van der Waals surface area contributed by atoms with Gasteiger partial charge in [0, 0.05) is 71.9 Å². The van der Waals surface area contributed by atoms with E-state index in [2.05, 4.69) is 152 Å². The van der Waals surface area contributed by atoms with E-state index in [1.54, 1.807) is 12.3 Å². The molecular formula is C60H36F3N5. The summed E-state index contributed by atoms with van der Waals surface area (Å²) < 4.78 is 53.7. The van der Waals surface area contributed by atoms with E-state index in [0.29, 0.717) is 16.9 Å². The van der Waals surface area contributed by atoms with Crippen molar-refractivity contribution in [2.24, 2.45) is 0 Å². The van der Waals surface area contributed by atoms with Crippen molar-refractivity contribution in [1.82, 2.24) is 23.3 Å². The van der Waals surface area contributed by atoms with Gasteiger partial charge in [0.2, 0.25) is 0 Å². The molecule has 5 nitrogen and oxygen atoms in total. The molecular weight excluding hydrogens is 848 g/mol. The molecule has 0 unspecified atom stereocenters. The fourth-order valence-corrected chi connectivity index (χ4v) is 10.9. The van der Waals surface area contributed by atoms with Crippen LogP contribution < -0.4 is 0 Å². The van der Waals surface area contributed by atoms with Crippen molar-refractivity contribution in [2.75, 3.05) is 0 Å². The molecule has 0 saturated heterocycles. The molecule has 0 bridgehead atoms. The number of pyridine rings is 1. The minimum Gasteiger partial charge on any atom is -0.309 e. The van der Waals surface area contributed by atoms with Gasteiger partial charge in [-0.1, -0.05) is 109 Å². The molecule has 5 aromatic heterocycles. The third-order valence-corrected chi connectivity index (χ3v) is 13.8. The van der Waals surface area contributed by atoms with E-state index in [4.69, 9.17) is 4.98 Å². The van der Waals surface area contributed by atoms with Gasteiger partial charge < -0.3 is 18.3 Å². The number of para-hydroxylation sites is 6. The first-order chi connectivity index (χ1) is 33.4. The van der Waals surface area contributed by atoms with Gasteiger partial charge in [0.05, 0.1) is 61.1 Å². The maximum absolute atomic E-state index is 14.9. The molecule has 68 heavy (non-hydrogen) atoms. The maximum Gasteiger partial charge on any atom is 0.416 e. The normalized spacial score (nSPS) is 12.3. The molecule has 0 N–H and O–H groups in total. The van der Waals surface area contributed by atoms with Crippen molar-refractivity contribution in [1.29, 1.82) is 0 Å². The zero-order valence-electron chi connectivity index (χ0n) is 36.2. The molecule has 5 heterocycles. The highest BCUT2D eigenvalue weighted by atomic mass is 19.4. The summed E-state index contributed by atoms with van der Waals surface area (Å²) in [5.74, 6) is 0. The Bertz CT molecular complexity index is 4360. The van der Waals surface area contributed by atoms with Gasteiger partial charge in [-0.15, -0.1) is 0 Å². The number of benzene rings is 9. The van der Waals surface area contributed by atoms with E-state index in [1.807, 2.05) is 60.7 Å². The SMILES string of the molecule is FC(F)(F)c1ccc(-n2c3ccccc3c3cc4c5ccccc5n(-c5ccccc5)c4cc32)c(-c2cc(-n3c4ccccc4c4cc5c6ccccc6n(-c6ccccc6)c5cc43)ccn2)c1. The lowest BCUT2D eigenvalue weighted by molar-refractivity contribution is -0.137. The van der Waals surface area contributed by atoms with Crippen LogP contribution in [-0.4, -0.2) is 23.3 Å². The van der Waals surface area contributed by atoms with Crippen LogP contribution in [0.2, 0.25) is 0 Å². The van der Waals surface area contributed by atoms with Crippen LogP contribution in [0.25, 0.3) is 121 Å². The number of aromatic nitrogens is 5. The highest BCUT2D eigenvalue weighted by molar-refractivity contribution is 6.21. The van der Waals surface area contributed by atoms with Gasteiger partial charge >= 0.3 is 6.18 Å². The van der Waals surface area contributed by atoms with E-state index in [-0.39, 0.29) is 0 Å². The molecule has 9 aromatic carbocycles. The summed E-state index contributed by atoms with van der Waals surface area (Å²) >= 11 is 0. The fraction of sp³-hybridized carbons (Fsp3) is 0.0167. The maximum atomic E-state index is 14.9. The monoisotopic (exact) mass is 883 g/mol. The molecule has 0 aliphatic heterocycles. The zero-order valence-corrected chi connectivity index (χ0v) is 36.2. The second-order valence-corrected chi connectivity index (χ2v) is 17.5. The lowest BCUT2D eigenvalue weighted by Crippen LogP contribution is -2.07. The van der Waals surface area contributed by atoms with Crippen LogP contribution in [0.4, 0.5) is 13.2 Å². The molecule has 8 heteroatoms. The van der Waals surface area contributed by atoms with Crippen molar-refractivity contribution in [3.05, 3.63) is 224 Å². The topological polar surface area (TPSA) is 32.6 Å². The predicted molar refractivity (Wildman–Crippen MR) is 272 cm³/mol. The Morgan fingerprint density at radius 2 is 0.706 bits per heavy atom. The molecule has 0 aliphatic carbocycles. The van der Waals surface area contributed by atoms with Crippen LogP contribution in [0.3, 0.4) is 0 Å². The van der Waals surface area contributed by atoms with Crippen LogP contribution in [0.15, 0.2) is 219 Å². The molecule has 14 aromatic rings. The Kier molecular flexibility index (Phi) is 8.08. The van der Waals surface area contributed by atoms with Gasteiger partial charge in [0.1, 0.15) is 0 Å². The molecule has 0 saturated carbocycles. The highest BCUT2D eigenvalue weighted by Gasteiger charge is 2.32. The largest absolute Gasteiger partial charge is 0.416 e. The molecule has 0 radical (unpaired) electrons. The minimum absolute atomic E-state index is 0.361. The highest BCUT2D eigenvalue weighted by Crippen LogP contribution is 2.44. The van der Waals surface area contributed by atoms with Gasteiger partial charge in [-0.25, -0.2) is 0 Å². The molecule has 0 amide bonds. The van der Waals surface area contributed by atoms with Gasteiger partial charge in [0.25, 0.3) is 0 Å². The number of fused-ring (bicyclic) bond motifs is 12. The molecule has 0 fully saturated rings. The van der Waals surface area contributed by atoms with E-state index < -0.39 is 11.7 Å². The Morgan fingerprint density at radius 3 is 1.16 bits per heavy atom. The summed E-state index contributed by atoms with van der Waals surface area (Å²) in [5.41, 5.74) is 11.4. The third-order valence-electron chi connectivity index (χ3n) is 13.8. The van der Waals surface area contributed by atoms with Crippen molar-refractivity contribution in [3.63, 3.8) is 0 Å². The number of hydrogen-bond acceptors (Lipinski definition) is 1. The molecule has 0 atom stereocenters. The third kappa shape index (κ3) is 5.54. The van der Waals surface area contributed by atoms with Crippen molar-refractivity contribution < 1.29 is 13.2 Å². The fourth-order valence-electron chi connectivity index (χ4n) is 10.9. The first kappa shape index (κ1) is 38.4. The summed E-state index contributed by atoms with van der Waals surface area (Å²) in [6, 6.07) is 70.9. The Hall–Kier alpha value is -8.88. The Morgan fingerprint density at radius 1 is 0.309 bits per heavy atom. The molecule has 0 spiro atoms. The van der Waals surface area contributed by atoms with Crippen LogP contribution in [0.1, 0.15) is 5.56 Å². The summed E-state index contributed by atoms with van der Waals surface area (Å²) in [6.07, 6.45) is -2.88. The van der Waals surface area contributed by atoms with Crippen molar-refractivity contribution >= 4 is 87.2 Å². The average Bonchev–Trinajstić information content (AvgIpc) is 4.09. The van der Waals surface area contributed by atoms with Crippen molar-refractivity contribution in [3.8, 4) is 34.0 Å². The molecule has 322 valence electrons. The van der Waals surface area contributed by atoms with Crippen LogP contribution >= 0.6 is 0 Å². The molecule has 14 rings (SSSR count). The number of alkyl halides is 3. The first-order valence-corrected chi connectivity index (χ1v) is 22.6. The predicted octanol–water partition coefficient (Wildman–Crippen LogP) is 16.2. The second-order valence-electron chi connectivity index (χ2n) is 17.5. The molecule has 0 aliphatic rings. The van der Waals surface area contributed by atoms with Crippen LogP contribution in [-0.2, 0) is 6.18 Å². The lowest BCUT2D eigenvalue weighted by atomic mass is 10.0. The first-order valence-electron chi connectivity index (χ1n) is 22.6. The van der Waals surface area contributed by atoms with Gasteiger partial charge in [0.15, 0.2) is 0 Å². The summed E-state index contributed by atoms with van der Waals surface area (Å²) in [5, 5.41) is 8.65. The smallest absolute Gasteiger partial charge is 0.309 e. The second kappa shape index (κ2) is 14.3. The summed E-state index contributed by atoms with van der Waals surface area (Å²) in [4.78, 5) is 4.90. The van der Waals surface area contributed by atoms with Gasteiger partial charge in [-0.3, -0.25) is 4.98 Å². The van der Waals surface area contributed by atoms with E-state index in [9.17, 15) is 13.2 Å². The van der Waals surface area contributed by atoms with E-state index in [0.717, 1.165) is 104 Å². The van der Waals surface area contributed by atoms with Crippen molar-refractivity contribution in [2.45, 2.75) is 6.18 Å². The summed E-state index contributed by atoms with van der Waals surface area (Å²) in [6.45, 7) is 0. The minimum atomic E-state index is -4.59. The van der Waals surface area contributed by atoms with Gasteiger partial charge in [-0.05, 0) is 103 Å².